The van der Waals surface area contributed by atoms with Gasteiger partial charge in [-0.05, 0) is 67.6 Å². The first kappa shape index (κ1) is 18.4. The highest BCUT2D eigenvalue weighted by atomic mass is 79.9. The number of nitrogens with zero attached hydrogens (tertiary/aromatic N) is 2. The summed E-state index contributed by atoms with van der Waals surface area (Å²) in [6, 6.07) is 5.42. The lowest BCUT2D eigenvalue weighted by Gasteiger charge is -2.33. The fourth-order valence-electron chi connectivity index (χ4n) is 2.51. The van der Waals surface area contributed by atoms with Crippen LogP contribution in [0.15, 0.2) is 27.8 Å². The van der Waals surface area contributed by atoms with Crippen LogP contribution in [0.5, 0.6) is 0 Å². The molecule has 0 spiro atoms. The standard InChI is InChI=1S/C16H23BrN2O3S/c1-16(2,3)22-15(20)19-9-5-6-12(10-19)11-23(21)14-8-4-7-13(17)18-14/h4,7-8,12H,5-6,9-11H2,1-3H3/t12-,23+/m0/s1. The van der Waals surface area contributed by atoms with E-state index in [2.05, 4.69) is 20.9 Å². The van der Waals surface area contributed by atoms with Crippen LogP contribution < -0.4 is 0 Å². The van der Waals surface area contributed by atoms with E-state index in [0.717, 1.165) is 12.8 Å². The van der Waals surface area contributed by atoms with Gasteiger partial charge >= 0.3 is 6.09 Å². The largest absolute Gasteiger partial charge is 0.444 e. The molecule has 1 aliphatic rings. The number of piperidine rings is 1. The van der Waals surface area contributed by atoms with Gasteiger partial charge in [0.15, 0.2) is 0 Å². The number of carbonyl (C=O) groups is 1. The number of hydrogen-bond acceptors (Lipinski definition) is 4. The third-order valence-corrected chi connectivity index (χ3v) is 5.39. The maximum Gasteiger partial charge on any atom is 0.410 e. The van der Waals surface area contributed by atoms with Crippen molar-refractivity contribution < 1.29 is 13.7 Å². The summed E-state index contributed by atoms with van der Waals surface area (Å²) in [5, 5.41) is 0.578. The van der Waals surface area contributed by atoms with Gasteiger partial charge in [-0.1, -0.05) is 6.07 Å². The normalized spacial score (nSPS) is 20.2. The minimum absolute atomic E-state index is 0.206. The van der Waals surface area contributed by atoms with Crippen molar-refractivity contribution in [2.75, 3.05) is 18.8 Å². The van der Waals surface area contributed by atoms with Crippen LogP contribution in [-0.4, -0.2) is 44.6 Å². The fourth-order valence-corrected chi connectivity index (χ4v) is 4.27. The second-order valence-corrected chi connectivity index (χ2v) is 9.00. The van der Waals surface area contributed by atoms with Gasteiger partial charge in [-0.25, -0.2) is 9.78 Å². The van der Waals surface area contributed by atoms with E-state index in [4.69, 9.17) is 4.74 Å². The van der Waals surface area contributed by atoms with Gasteiger partial charge in [0.05, 0.1) is 10.8 Å². The Morgan fingerprint density at radius 3 is 2.87 bits per heavy atom. The average Bonchev–Trinajstić information content (AvgIpc) is 2.45. The summed E-state index contributed by atoms with van der Waals surface area (Å²) in [4.78, 5) is 18.1. The Bertz CT molecular complexity index is 589. The predicted molar refractivity (Wildman–Crippen MR) is 93.7 cm³/mol. The molecule has 1 saturated heterocycles. The van der Waals surface area contributed by atoms with Crippen LogP contribution in [0.25, 0.3) is 0 Å². The summed E-state index contributed by atoms with van der Waals surface area (Å²) < 4.78 is 18.6. The van der Waals surface area contributed by atoms with Crippen LogP contribution in [0, 0.1) is 5.92 Å². The zero-order chi connectivity index (χ0) is 17.0. The molecule has 0 saturated carbocycles. The molecule has 0 bridgehead atoms. The third kappa shape index (κ3) is 5.88. The molecule has 7 heteroatoms. The number of hydrogen-bond donors (Lipinski definition) is 0. The number of aromatic nitrogens is 1. The van der Waals surface area contributed by atoms with E-state index in [-0.39, 0.29) is 12.0 Å². The first-order valence-corrected chi connectivity index (χ1v) is 9.84. The minimum atomic E-state index is -1.16. The SMILES string of the molecule is CC(C)(C)OC(=O)N1CCC[C@H](C[S@@](=O)c2cccc(Br)n2)C1. The lowest BCUT2D eigenvalue weighted by molar-refractivity contribution is 0.0176. The number of ether oxygens (including phenoxy) is 1. The average molecular weight is 403 g/mol. The molecule has 0 radical (unpaired) electrons. The molecule has 1 amide bonds. The Balaban J connectivity index is 1.93. The predicted octanol–water partition coefficient (Wildman–Crippen LogP) is 3.60. The van der Waals surface area contributed by atoms with Crippen LogP contribution in [0.4, 0.5) is 4.79 Å². The van der Waals surface area contributed by atoms with Crippen molar-refractivity contribution in [3.05, 3.63) is 22.8 Å². The number of amides is 1. The van der Waals surface area contributed by atoms with Crippen molar-refractivity contribution in [3.63, 3.8) is 0 Å². The Kier molecular flexibility index (Phi) is 6.19. The van der Waals surface area contributed by atoms with Gasteiger partial charge in [0.1, 0.15) is 15.2 Å². The molecule has 0 N–H and O–H groups in total. The molecule has 2 heterocycles. The summed E-state index contributed by atoms with van der Waals surface area (Å²) in [7, 11) is -1.16. The van der Waals surface area contributed by atoms with Gasteiger partial charge in [0.25, 0.3) is 0 Å². The van der Waals surface area contributed by atoms with Crippen molar-refractivity contribution in [1.82, 2.24) is 9.88 Å². The van der Waals surface area contributed by atoms with Crippen molar-refractivity contribution in [2.45, 2.75) is 44.2 Å². The summed E-state index contributed by atoms with van der Waals surface area (Å²) >= 11 is 3.30. The maximum absolute atomic E-state index is 12.5. The topological polar surface area (TPSA) is 59.5 Å². The van der Waals surface area contributed by atoms with Crippen LogP contribution in [0.3, 0.4) is 0 Å². The summed E-state index contributed by atoms with van der Waals surface area (Å²) in [6.45, 7) is 6.88. The molecule has 2 atom stereocenters. The quantitative estimate of drug-likeness (QED) is 0.724. The lowest BCUT2D eigenvalue weighted by Crippen LogP contribution is -2.44. The Hall–Kier alpha value is -0.950. The first-order chi connectivity index (χ1) is 10.7. The molecule has 128 valence electrons. The first-order valence-electron chi connectivity index (χ1n) is 7.73. The van der Waals surface area contributed by atoms with Crippen molar-refractivity contribution in [2.24, 2.45) is 5.92 Å². The Morgan fingerprint density at radius 1 is 1.48 bits per heavy atom. The van der Waals surface area contributed by atoms with Gasteiger partial charge < -0.3 is 9.64 Å². The molecule has 2 rings (SSSR count). The molecule has 1 aliphatic heterocycles. The van der Waals surface area contributed by atoms with Gasteiger partial charge in [-0.15, -0.1) is 0 Å². The molecule has 5 nitrogen and oxygen atoms in total. The zero-order valence-electron chi connectivity index (χ0n) is 13.8. The van der Waals surface area contributed by atoms with E-state index in [1.807, 2.05) is 32.9 Å². The molecule has 0 unspecified atom stereocenters. The lowest BCUT2D eigenvalue weighted by atomic mass is 10.0. The van der Waals surface area contributed by atoms with Crippen LogP contribution >= 0.6 is 15.9 Å². The van der Waals surface area contributed by atoms with Crippen LogP contribution in [-0.2, 0) is 15.5 Å². The zero-order valence-corrected chi connectivity index (χ0v) is 16.2. The molecule has 1 aromatic heterocycles. The second-order valence-electron chi connectivity index (χ2n) is 6.75. The number of rotatable bonds is 3. The minimum Gasteiger partial charge on any atom is -0.444 e. The van der Waals surface area contributed by atoms with Crippen molar-refractivity contribution >= 4 is 32.8 Å². The summed E-state index contributed by atoms with van der Waals surface area (Å²) in [6.07, 6.45) is 1.60. The van der Waals surface area contributed by atoms with Crippen molar-refractivity contribution in [3.8, 4) is 0 Å². The summed E-state index contributed by atoms with van der Waals surface area (Å²) in [5.41, 5.74) is -0.493. The smallest absolute Gasteiger partial charge is 0.410 e. The van der Waals surface area contributed by atoms with E-state index in [9.17, 15) is 9.00 Å². The van der Waals surface area contributed by atoms with Crippen LogP contribution in [0.2, 0.25) is 0 Å². The second kappa shape index (κ2) is 7.75. The monoisotopic (exact) mass is 402 g/mol. The Morgan fingerprint density at radius 2 is 2.22 bits per heavy atom. The highest BCUT2D eigenvalue weighted by Crippen LogP contribution is 2.22. The molecule has 0 aromatic carbocycles. The van der Waals surface area contributed by atoms with Gasteiger partial charge in [0, 0.05) is 18.8 Å². The summed E-state index contributed by atoms with van der Waals surface area (Å²) in [5.74, 6) is 0.723. The van der Waals surface area contributed by atoms with Gasteiger partial charge in [0.2, 0.25) is 0 Å². The Labute approximate surface area is 148 Å². The highest BCUT2D eigenvalue weighted by molar-refractivity contribution is 9.10. The van der Waals surface area contributed by atoms with Gasteiger partial charge in [-0.2, -0.15) is 0 Å². The molecule has 1 fully saturated rings. The number of likely N-dealkylation sites (tertiary alicyclic amines) is 1. The van der Waals surface area contributed by atoms with Crippen molar-refractivity contribution in [1.29, 1.82) is 0 Å². The highest BCUT2D eigenvalue weighted by Gasteiger charge is 2.28. The van der Waals surface area contributed by atoms with E-state index in [1.54, 1.807) is 11.0 Å². The molecule has 0 aliphatic carbocycles. The van der Waals surface area contributed by atoms with Crippen LogP contribution in [0.1, 0.15) is 33.6 Å². The van der Waals surface area contributed by atoms with E-state index < -0.39 is 16.4 Å². The maximum atomic E-state index is 12.5. The molecule has 23 heavy (non-hydrogen) atoms. The molecular weight excluding hydrogens is 380 g/mol. The van der Waals surface area contributed by atoms with E-state index >= 15 is 0 Å². The van der Waals surface area contributed by atoms with E-state index in [0.29, 0.717) is 28.5 Å². The van der Waals surface area contributed by atoms with E-state index in [1.165, 1.54) is 0 Å². The fraction of sp³-hybridized carbons (Fsp3) is 0.625. The number of pyridine rings is 1. The number of carbonyl (C=O) groups excluding carboxylic acids is 1. The van der Waals surface area contributed by atoms with Gasteiger partial charge in [-0.3, -0.25) is 4.21 Å². The number of halogens is 1. The third-order valence-electron chi connectivity index (χ3n) is 3.48. The molecular formula is C16H23BrN2O3S. The molecule has 1 aromatic rings.